The predicted octanol–water partition coefficient (Wildman–Crippen LogP) is 3.27. The van der Waals surface area contributed by atoms with E-state index in [0.29, 0.717) is 5.69 Å². The fourth-order valence-electron chi connectivity index (χ4n) is 4.05. The van der Waals surface area contributed by atoms with E-state index in [-0.39, 0.29) is 29.7 Å². The molecule has 2 unspecified atom stereocenters. The van der Waals surface area contributed by atoms with Gasteiger partial charge in [-0.3, -0.25) is 0 Å². The number of carboxylic acids is 1. The van der Waals surface area contributed by atoms with Crippen LogP contribution in [0.4, 0.5) is 14.5 Å². The number of aromatic carboxylic acids is 1. The molecule has 0 saturated carbocycles. The standard InChI is InChI=1S/C22H21F2N3O4S/c1-26-20(22(28)29)9-10-21(26)32(30,31)27-12-16(14-5-3-2-4-6-14)19(13-27)25-15-7-8-17(23)18(24)11-15/h2-11,16,19,25H,12-13H2,1H3,(H,28,29). The minimum atomic E-state index is -4.00. The summed E-state index contributed by atoms with van der Waals surface area (Å²) in [5, 5.41) is 12.3. The highest BCUT2D eigenvalue weighted by atomic mass is 32.2. The third-order valence-corrected chi connectivity index (χ3v) is 7.60. The Morgan fingerprint density at radius 2 is 1.75 bits per heavy atom. The first kappa shape index (κ1) is 22.0. The van der Waals surface area contributed by atoms with Gasteiger partial charge in [0.2, 0.25) is 0 Å². The summed E-state index contributed by atoms with van der Waals surface area (Å²) >= 11 is 0. The molecule has 0 radical (unpaired) electrons. The molecule has 1 aromatic heterocycles. The average Bonchev–Trinajstić information content (AvgIpc) is 3.36. The summed E-state index contributed by atoms with van der Waals surface area (Å²) in [6.45, 7) is 0.204. The van der Waals surface area contributed by atoms with E-state index in [1.807, 2.05) is 30.3 Å². The van der Waals surface area contributed by atoms with Gasteiger partial charge in [-0.2, -0.15) is 4.31 Å². The molecule has 1 aliphatic rings. The Balaban J connectivity index is 1.67. The number of sulfonamides is 1. The minimum absolute atomic E-state index is 0.0640. The number of nitrogens with zero attached hydrogens (tertiary/aromatic N) is 2. The van der Waals surface area contributed by atoms with Crippen molar-refractivity contribution in [1.29, 1.82) is 0 Å². The maximum Gasteiger partial charge on any atom is 0.352 e. The second kappa shape index (κ2) is 8.36. The zero-order chi connectivity index (χ0) is 23.0. The van der Waals surface area contributed by atoms with Crippen molar-refractivity contribution in [2.75, 3.05) is 18.4 Å². The summed E-state index contributed by atoms with van der Waals surface area (Å²) in [6, 6.07) is 14.8. The van der Waals surface area contributed by atoms with Crippen LogP contribution >= 0.6 is 0 Å². The third-order valence-electron chi connectivity index (χ3n) is 5.68. The monoisotopic (exact) mass is 461 g/mol. The van der Waals surface area contributed by atoms with E-state index in [2.05, 4.69) is 5.32 Å². The van der Waals surface area contributed by atoms with Gasteiger partial charge >= 0.3 is 5.97 Å². The summed E-state index contributed by atoms with van der Waals surface area (Å²) in [6.07, 6.45) is 0. The fourth-order valence-corrected chi connectivity index (χ4v) is 5.71. The van der Waals surface area contributed by atoms with E-state index >= 15 is 0 Å². The van der Waals surface area contributed by atoms with Gasteiger partial charge in [0.1, 0.15) is 5.69 Å². The number of carboxylic acid groups (broad SMARTS) is 1. The molecular weight excluding hydrogens is 440 g/mol. The van der Waals surface area contributed by atoms with E-state index in [1.165, 1.54) is 29.6 Å². The van der Waals surface area contributed by atoms with Gasteiger partial charge in [0.15, 0.2) is 16.7 Å². The molecular formula is C22H21F2N3O4S. The Labute approximate surface area is 184 Å². The van der Waals surface area contributed by atoms with Gasteiger partial charge in [-0.15, -0.1) is 0 Å². The van der Waals surface area contributed by atoms with E-state index in [0.717, 1.165) is 22.3 Å². The van der Waals surface area contributed by atoms with Crippen molar-refractivity contribution in [3.05, 3.63) is 83.6 Å². The summed E-state index contributed by atoms with van der Waals surface area (Å²) < 4.78 is 56.1. The van der Waals surface area contributed by atoms with Crippen LogP contribution in [0.1, 0.15) is 22.0 Å². The van der Waals surface area contributed by atoms with E-state index < -0.39 is 33.7 Å². The van der Waals surface area contributed by atoms with Crippen molar-refractivity contribution in [3.8, 4) is 0 Å². The summed E-state index contributed by atoms with van der Waals surface area (Å²) in [4.78, 5) is 11.3. The molecule has 32 heavy (non-hydrogen) atoms. The normalized spacial score (nSPS) is 19.2. The third kappa shape index (κ3) is 3.98. The van der Waals surface area contributed by atoms with Gasteiger partial charge in [0, 0.05) is 43.9 Å². The average molecular weight is 461 g/mol. The Morgan fingerprint density at radius 1 is 1.03 bits per heavy atom. The van der Waals surface area contributed by atoms with Crippen molar-refractivity contribution in [3.63, 3.8) is 0 Å². The molecule has 0 aliphatic carbocycles. The van der Waals surface area contributed by atoms with Crippen molar-refractivity contribution in [2.45, 2.75) is 17.0 Å². The first-order valence-electron chi connectivity index (χ1n) is 9.84. The molecule has 0 spiro atoms. The number of aromatic nitrogens is 1. The summed E-state index contributed by atoms with van der Waals surface area (Å²) in [7, 11) is -2.62. The molecule has 2 heterocycles. The second-order valence-corrected chi connectivity index (χ2v) is 9.52. The molecule has 1 saturated heterocycles. The zero-order valence-corrected chi connectivity index (χ0v) is 17.9. The second-order valence-electron chi connectivity index (χ2n) is 7.64. The van der Waals surface area contributed by atoms with Crippen LogP contribution in [0.2, 0.25) is 0 Å². The lowest BCUT2D eigenvalue weighted by atomic mass is 9.94. The molecule has 7 nitrogen and oxygen atoms in total. The quantitative estimate of drug-likeness (QED) is 0.588. The summed E-state index contributed by atoms with van der Waals surface area (Å²) in [5.74, 6) is -3.46. The lowest BCUT2D eigenvalue weighted by Crippen LogP contribution is -2.33. The minimum Gasteiger partial charge on any atom is -0.477 e. The van der Waals surface area contributed by atoms with Crippen molar-refractivity contribution < 1.29 is 27.1 Å². The smallest absolute Gasteiger partial charge is 0.352 e. The Hall–Kier alpha value is -3.24. The van der Waals surface area contributed by atoms with Crippen LogP contribution in [0.15, 0.2) is 65.7 Å². The Morgan fingerprint density at radius 3 is 2.38 bits per heavy atom. The number of hydrogen-bond donors (Lipinski definition) is 2. The number of nitrogens with one attached hydrogen (secondary N) is 1. The molecule has 3 aromatic rings. The highest BCUT2D eigenvalue weighted by Crippen LogP contribution is 2.34. The van der Waals surface area contributed by atoms with Crippen LogP contribution in [0.5, 0.6) is 0 Å². The Kier molecular flexibility index (Phi) is 5.74. The predicted molar refractivity (Wildman–Crippen MR) is 114 cm³/mol. The van der Waals surface area contributed by atoms with Crippen LogP contribution in [0.3, 0.4) is 0 Å². The highest BCUT2D eigenvalue weighted by Gasteiger charge is 2.41. The lowest BCUT2D eigenvalue weighted by molar-refractivity contribution is 0.0685. The zero-order valence-electron chi connectivity index (χ0n) is 17.1. The van der Waals surface area contributed by atoms with Gasteiger partial charge < -0.3 is 15.0 Å². The van der Waals surface area contributed by atoms with Crippen molar-refractivity contribution in [2.24, 2.45) is 7.05 Å². The van der Waals surface area contributed by atoms with Gasteiger partial charge in [-0.25, -0.2) is 22.0 Å². The lowest BCUT2D eigenvalue weighted by Gasteiger charge is -2.21. The molecule has 2 atom stereocenters. The molecule has 4 rings (SSSR count). The number of rotatable bonds is 6. The molecule has 168 valence electrons. The number of benzene rings is 2. The SMILES string of the molecule is Cn1c(C(=O)O)ccc1S(=O)(=O)N1CC(Nc2ccc(F)c(F)c2)C(c2ccccc2)C1. The number of halogens is 2. The van der Waals surface area contributed by atoms with Gasteiger partial charge in [-0.05, 0) is 29.8 Å². The molecule has 2 N–H and O–H groups in total. The van der Waals surface area contributed by atoms with Crippen molar-refractivity contribution in [1.82, 2.24) is 8.87 Å². The van der Waals surface area contributed by atoms with E-state index in [1.54, 1.807) is 0 Å². The first-order chi connectivity index (χ1) is 15.2. The van der Waals surface area contributed by atoms with Gasteiger partial charge in [0.05, 0.1) is 0 Å². The highest BCUT2D eigenvalue weighted by molar-refractivity contribution is 7.89. The number of hydrogen-bond acceptors (Lipinski definition) is 4. The topological polar surface area (TPSA) is 91.6 Å². The number of anilines is 1. The van der Waals surface area contributed by atoms with E-state index in [4.69, 9.17) is 0 Å². The van der Waals surface area contributed by atoms with Gasteiger partial charge in [-0.1, -0.05) is 30.3 Å². The largest absolute Gasteiger partial charge is 0.477 e. The first-order valence-corrected chi connectivity index (χ1v) is 11.3. The Bertz CT molecular complexity index is 1260. The van der Waals surface area contributed by atoms with Crippen LogP contribution in [0, 0.1) is 11.6 Å². The van der Waals surface area contributed by atoms with Crippen LogP contribution in [-0.4, -0.2) is 47.5 Å². The molecule has 0 amide bonds. The molecule has 2 aromatic carbocycles. The van der Waals surface area contributed by atoms with Crippen molar-refractivity contribution >= 4 is 21.7 Å². The van der Waals surface area contributed by atoms with Crippen LogP contribution in [0.25, 0.3) is 0 Å². The fraction of sp³-hybridized carbons (Fsp3) is 0.227. The molecule has 0 bridgehead atoms. The molecule has 1 fully saturated rings. The maximum absolute atomic E-state index is 13.7. The molecule has 10 heteroatoms. The summed E-state index contributed by atoms with van der Waals surface area (Å²) in [5.41, 5.74) is 1.09. The van der Waals surface area contributed by atoms with Crippen LogP contribution < -0.4 is 5.32 Å². The van der Waals surface area contributed by atoms with Gasteiger partial charge in [0.25, 0.3) is 10.0 Å². The molecule has 1 aliphatic heterocycles. The maximum atomic E-state index is 13.7. The van der Waals surface area contributed by atoms with Crippen LogP contribution in [-0.2, 0) is 17.1 Å². The van der Waals surface area contributed by atoms with E-state index in [9.17, 15) is 27.1 Å². The number of carbonyl (C=O) groups is 1.